The highest BCUT2D eigenvalue weighted by molar-refractivity contribution is 6.04. The van der Waals surface area contributed by atoms with Crippen LogP contribution in [0.1, 0.15) is 11.1 Å². The fourth-order valence-corrected chi connectivity index (χ4v) is 3.65. The Morgan fingerprint density at radius 3 is 2.57 bits per heavy atom. The zero-order chi connectivity index (χ0) is 15.8. The Morgan fingerprint density at radius 2 is 1.78 bits per heavy atom. The molecule has 23 heavy (non-hydrogen) atoms. The Bertz CT molecular complexity index is 584. The van der Waals surface area contributed by atoms with Crippen molar-refractivity contribution in [3.05, 3.63) is 35.4 Å². The zero-order valence-electron chi connectivity index (χ0n) is 13.1. The van der Waals surface area contributed by atoms with Gasteiger partial charge in [-0.25, -0.2) is 4.79 Å². The van der Waals surface area contributed by atoms with E-state index in [2.05, 4.69) is 11.0 Å². The Morgan fingerprint density at radius 1 is 1.04 bits per heavy atom. The molecule has 122 valence electrons. The molecule has 3 aliphatic rings. The topological polar surface area (TPSA) is 53.1 Å². The highest BCUT2D eigenvalue weighted by Gasteiger charge is 2.46. The van der Waals surface area contributed by atoms with Crippen molar-refractivity contribution in [2.24, 2.45) is 0 Å². The van der Waals surface area contributed by atoms with E-state index in [1.807, 2.05) is 18.2 Å². The first kappa shape index (κ1) is 14.7. The molecule has 1 aromatic rings. The maximum Gasteiger partial charge on any atom is 0.327 e. The van der Waals surface area contributed by atoms with E-state index in [9.17, 15) is 9.59 Å². The molecule has 3 aliphatic heterocycles. The third kappa shape index (κ3) is 2.62. The van der Waals surface area contributed by atoms with Crippen LogP contribution in [0.2, 0.25) is 0 Å². The summed E-state index contributed by atoms with van der Waals surface area (Å²) in [5.41, 5.74) is 2.34. The van der Waals surface area contributed by atoms with E-state index in [4.69, 9.17) is 4.74 Å². The zero-order valence-corrected chi connectivity index (χ0v) is 13.1. The van der Waals surface area contributed by atoms with Crippen LogP contribution in [-0.4, -0.2) is 72.1 Å². The van der Waals surface area contributed by atoms with Gasteiger partial charge in [-0.1, -0.05) is 24.3 Å². The van der Waals surface area contributed by atoms with E-state index in [1.165, 1.54) is 10.5 Å². The van der Waals surface area contributed by atoms with Gasteiger partial charge < -0.3 is 9.64 Å². The fourth-order valence-electron chi connectivity index (χ4n) is 3.65. The number of benzene rings is 1. The number of imide groups is 1. The SMILES string of the molecule is O=C1[C@@H]2Cc3ccccc3CN2C(=O)N1CCN1CCOCC1. The molecule has 0 unspecified atom stereocenters. The maximum atomic E-state index is 12.7. The normalized spacial score (nSPS) is 24.8. The van der Waals surface area contributed by atoms with Gasteiger partial charge in [0.1, 0.15) is 6.04 Å². The number of fused-ring (bicyclic) bond motifs is 2. The van der Waals surface area contributed by atoms with Crippen LogP contribution < -0.4 is 0 Å². The molecule has 0 saturated carbocycles. The lowest BCUT2D eigenvalue weighted by Gasteiger charge is -2.29. The van der Waals surface area contributed by atoms with Gasteiger partial charge in [-0.15, -0.1) is 0 Å². The largest absolute Gasteiger partial charge is 0.379 e. The van der Waals surface area contributed by atoms with Crippen LogP contribution in [0.3, 0.4) is 0 Å². The fraction of sp³-hybridized carbons (Fsp3) is 0.529. The van der Waals surface area contributed by atoms with E-state index in [0.29, 0.717) is 19.5 Å². The Hall–Kier alpha value is -1.92. The van der Waals surface area contributed by atoms with Gasteiger partial charge in [0, 0.05) is 39.1 Å². The number of morpholine rings is 1. The van der Waals surface area contributed by atoms with Crippen molar-refractivity contribution in [1.82, 2.24) is 14.7 Å². The number of carbonyl (C=O) groups is 2. The van der Waals surface area contributed by atoms with E-state index < -0.39 is 0 Å². The molecule has 0 radical (unpaired) electrons. The van der Waals surface area contributed by atoms with Crippen LogP contribution in [0.25, 0.3) is 0 Å². The van der Waals surface area contributed by atoms with Gasteiger partial charge in [-0.05, 0) is 11.1 Å². The molecular formula is C17H21N3O3. The minimum absolute atomic E-state index is 0.0437. The first-order chi connectivity index (χ1) is 11.2. The van der Waals surface area contributed by atoms with Crippen molar-refractivity contribution in [3.8, 4) is 0 Å². The minimum atomic E-state index is -0.318. The predicted octanol–water partition coefficient (Wildman–Crippen LogP) is 0.708. The van der Waals surface area contributed by atoms with Crippen molar-refractivity contribution in [3.63, 3.8) is 0 Å². The Kier molecular flexibility index (Phi) is 3.79. The molecule has 6 nitrogen and oxygen atoms in total. The molecule has 0 spiro atoms. The molecule has 0 aromatic heterocycles. The molecule has 4 rings (SSSR count). The predicted molar refractivity (Wildman–Crippen MR) is 83.8 cm³/mol. The number of hydrogen-bond acceptors (Lipinski definition) is 4. The lowest BCUT2D eigenvalue weighted by molar-refractivity contribution is -0.128. The average Bonchev–Trinajstić information content (AvgIpc) is 2.83. The van der Waals surface area contributed by atoms with Crippen LogP contribution in [-0.2, 0) is 22.5 Å². The van der Waals surface area contributed by atoms with Gasteiger partial charge in [0.2, 0.25) is 0 Å². The lowest BCUT2D eigenvalue weighted by Crippen LogP contribution is -2.43. The van der Waals surface area contributed by atoms with E-state index in [0.717, 1.165) is 38.4 Å². The molecular weight excluding hydrogens is 294 g/mol. The maximum absolute atomic E-state index is 12.7. The van der Waals surface area contributed by atoms with Gasteiger partial charge >= 0.3 is 6.03 Å². The van der Waals surface area contributed by atoms with Gasteiger partial charge in [0.25, 0.3) is 5.91 Å². The molecule has 2 fully saturated rings. The van der Waals surface area contributed by atoms with E-state index in [1.54, 1.807) is 4.90 Å². The summed E-state index contributed by atoms with van der Waals surface area (Å²) in [4.78, 5) is 30.7. The standard InChI is InChI=1S/C17H21N3O3/c21-16-15-11-13-3-1-2-4-14(13)12-20(15)17(22)19(16)6-5-18-7-9-23-10-8-18/h1-4,15H,5-12H2/t15-/m0/s1. The summed E-state index contributed by atoms with van der Waals surface area (Å²) >= 11 is 0. The molecule has 3 amide bonds. The van der Waals surface area contributed by atoms with Gasteiger partial charge in [0.05, 0.1) is 13.2 Å². The second-order valence-corrected chi connectivity index (χ2v) is 6.34. The monoisotopic (exact) mass is 315 g/mol. The number of amides is 3. The van der Waals surface area contributed by atoms with Crippen LogP contribution in [0.5, 0.6) is 0 Å². The van der Waals surface area contributed by atoms with Crippen molar-refractivity contribution < 1.29 is 14.3 Å². The van der Waals surface area contributed by atoms with Crippen molar-refractivity contribution >= 4 is 11.9 Å². The Balaban J connectivity index is 1.45. The van der Waals surface area contributed by atoms with Gasteiger partial charge in [0.15, 0.2) is 0 Å². The average molecular weight is 315 g/mol. The van der Waals surface area contributed by atoms with Crippen molar-refractivity contribution in [2.45, 2.75) is 19.0 Å². The number of hydrogen-bond donors (Lipinski definition) is 0. The quantitative estimate of drug-likeness (QED) is 0.771. The van der Waals surface area contributed by atoms with Crippen LogP contribution >= 0.6 is 0 Å². The third-order valence-electron chi connectivity index (χ3n) is 5.02. The number of carbonyl (C=O) groups excluding carboxylic acids is 2. The van der Waals surface area contributed by atoms with Crippen molar-refractivity contribution in [2.75, 3.05) is 39.4 Å². The smallest absolute Gasteiger partial charge is 0.327 e. The number of rotatable bonds is 3. The molecule has 1 aromatic carbocycles. The summed E-state index contributed by atoms with van der Waals surface area (Å²) in [7, 11) is 0. The number of urea groups is 1. The minimum Gasteiger partial charge on any atom is -0.379 e. The van der Waals surface area contributed by atoms with Crippen LogP contribution in [0.15, 0.2) is 24.3 Å². The Labute approximate surface area is 135 Å². The summed E-state index contributed by atoms with van der Waals surface area (Å²) in [5, 5.41) is 0. The molecule has 0 bridgehead atoms. The molecule has 6 heteroatoms. The number of ether oxygens (including phenoxy) is 1. The molecule has 1 atom stereocenters. The summed E-state index contributed by atoms with van der Waals surface area (Å²) < 4.78 is 5.33. The molecule has 0 N–H and O–H groups in total. The van der Waals surface area contributed by atoms with Gasteiger partial charge in [-0.3, -0.25) is 14.6 Å². The van der Waals surface area contributed by atoms with Crippen molar-refractivity contribution in [1.29, 1.82) is 0 Å². The second kappa shape index (κ2) is 5.94. The lowest BCUT2D eigenvalue weighted by atomic mass is 9.95. The van der Waals surface area contributed by atoms with Gasteiger partial charge in [-0.2, -0.15) is 0 Å². The highest BCUT2D eigenvalue weighted by atomic mass is 16.5. The number of nitrogens with zero attached hydrogens (tertiary/aromatic N) is 3. The first-order valence-electron chi connectivity index (χ1n) is 8.23. The molecule has 2 saturated heterocycles. The molecule has 0 aliphatic carbocycles. The molecule has 3 heterocycles. The summed E-state index contributed by atoms with van der Waals surface area (Å²) in [6, 6.07) is 7.62. The summed E-state index contributed by atoms with van der Waals surface area (Å²) in [5.74, 6) is -0.0437. The van der Waals surface area contributed by atoms with Crippen LogP contribution in [0.4, 0.5) is 4.79 Å². The van der Waals surface area contributed by atoms with E-state index in [-0.39, 0.29) is 18.0 Å². The van der Waals surface area contributed by atoms with Crippen LogP contribution in [0, 0.1) is 0 Å². The summed E-state index contributed by atoms with van der Waals surface area (Å²) in [6.45, 7) is 4.94. The first-order valence-corrected chi connectivity index (χ1v) is 8.23. The third-order valence-corrected chi connectivity index (χ3v) is 5.02. The van der Waals surface area contributed by atoms with E-state index >= 15 is 0 Å². The highest BCUT2D eigenvalue weighted by Crippen LogP contribution is 2.29. The summed E-state index contributed by atoms with van der Waals surface area (Å²) in [6.07, 6.45) is 0.634. The second-order valence-electron chi connectivity index (χ2n) is 6.34.